The second kappa shape index (κ2) is 6.27. The lowest BCUT2D eigenvalue weighted by molar-refractivity contribution is -0.118. The molecule has 1 aromatic carbocycles. The van der Waals surface area contributed by atoms with E-state index in [-0.39, 0.29) is 23.8 Å². The summed E-state index contributed by atoms with van der Waals surface area (Å²) in [5.74, 6) is 0.276. The van der Waals surface area contributed by atoms with Crippen molar-refractivity contribution in [2.75, 3.05) is 7.11 Å². The van der Waals surface area contributed by atoms with Crippen molar-refractivity contribution >= 4 is 5.78 Å². The molecule has 2 rings (SSSR count). The van der Waals surface area contributed by atoms with Crippen LogP contribution in [-0.4, -0.2) is 23.0 Å². The highest BCUT2D eigenvalue weighted by atomic mass is 19.1. The van der Waals surface area contributed by atoms with Crippen LogP contribution in [0.15, 0.2) is 22.7 Å². The quantitative estimate of drug-likeness (QED) is 0.813. The minimum atomic E-state index is -0.460. The first-order chi connectivity index (χ1) is 9.63. The molecule has 0 N–H and O–H groups in total. The van der Waals surface area contributed by atoms with Crippen LogP contribution in [0, 0.1) is 5.82 Å². The topological polar surface area (TPSA) is 65.2 Å². The summed E-state index contributed by atoms with van der Waals surface area (Å²) in [4.78, 5) is 15.6. The first-order valence-corrected chi connectivity index (χ1v) is 6.32. The second-order valence-electron chi connectivity index (χ2n) is 4.33. The Kier molecular flexibility index (Phi) is 4.45. The Labute approximate surface area is 115 Å². The van der Waals surface area contributed by atoms with Crippen LogP contribution in [0.1, 0.15) is 25.7 Å². The van der Waals surface area contributed by atoms with Crippen molar-refractivity contribution in [2.24, 2.45) is 0 Å². The summed E-state index contributed by atoms with van der Waals surface area (Å²) < 4.78 is 23.2. The van der Waals surface area contributed by atoms with Crippen LogP contribution in [0.2, 0.25) is 0 Å². The lowest BCUT2D eigenvalue weighted by Crippen LogP contribution is -2.01. The molecule has 0 spiro atoms. The minimum absolute atomic E-state index is 0.0550. The fourth-order valence-electron chi connectivity index (χ4n) is 1.78. The number of carbonyl (C=O) groups is 1. The molecule has 0 aliphatic rings. The number of halogens is 1. The number of benzene rings is 1. The third-order valence-corrected chi connectivity index (χ3v) is 2.75. The number of hydrogen-bond acceptors (Lipinski definition) is 5. The van der Waals surface area contributed by atoms with E-state index in [2.05, 4.69) is 10.1 Å². The fraction of sp³-hybridized carbons (Fsp3) is 0.357. The highest BCUT2D eigenvalue weighted by Crippen LogP contribution is 2.24. The van der Waals surface area contributed by atoms with Crippen molar-refractivity contribution in [3.8, 4) is 17.1 Å². The van der Waals surface area contributed by atoms with Gasteiger partial charge < -0.3 is 9.26 Å². The van der Waals surface area contributed by atoms with Gasteiger partial charge in [-0.3, -0.25) is 4.79 Å². The van der Waals surface area contributed by atoms with Gasteiger partial charge in [0.1, 0.15) is 5.78 Å². The zero-order chi connectivity index (χ0) is 14.5. The third kappa shape index (κ3) is 3.20. The molecule has 0 aliphatic heterocycles. The normalized spacial score (nSPS) is 10.6. The lowest BCUT2D eigenvalue weighted by atomic mass is 10.2. The van der Waals surface area contributed by atoms with E-state index in [0.717, 1.165) is 6.42 Å². The standard InChI is InChI=1S/C14H15FN2O3/c1-3-4-10(18)8-13-16-14(17-20-13)9-5-6-11(15)12(7-9)19-2/h5-7H,3-4,8H2,1-2H3. The highest BCUT2D eigenvalue weighted by Gasteiger charge is 2.13. The Morgan fingerprint density at radius 2 is 2.25 bits per heavy atom. The number of ketones is 1. The number of Topliss-reactive ketones (excluding diaryl/α,β-unsaturated/α-hetero) is 1. The number of rotatable bonds is 6. The maximum atomic E-state index is 13.3. The fourth-order valence-corrected chi connectivity index (χ4v) is 1.78. The van der Waals surface area contributed by atoms with Gasteiger partial charge >= 0.3 is 0 Å². The van der Waals surface area contributed by atoms with Gasteiger partial charge in [0.25, 0.3) is 0 Å². The summed E-state index contributed by atoms with van der Waals surface area (Å²) in [5, 5.41) is 3.79. The zero-order valence-electron chi connectivity index (χ0n) is 11.4. The van der Waals surface area contributed by atoms with Crippen LogP contribution in [0.5, 0.6) is 5.75 Å². The second-order valence-corrected chi connectivity index (χ2v) is 4.33. The van der Waals surface area contributed by atoms with Crippen LogP contribution in [0.3, 0.4) is 0 Å². The van der Waals surface area contributed by atoms with Gasteiger partial charge in [0, 0.05) is 12.0 Å². The predicted octanol–water partition coefficient (Wildman–Crippen LogP) is 2.80. The van der Waals surface area contributed by atoms with Crippen molar-refractivity contribution in [2.45, 2.75) is 26.2 Å². The Morgan fingerprint density at radius 1 is 1.45 bits per heavy atom. The number of aromatic nitrogens is 2. The molecule has 1 aromatic heterocycles. The SMILES string of the molecule is CCCC(=O)Cc1nc(-c2ccc(F)c(OC)c2)no1. The van der Waals surface area contributed by atoms with E-state index in [9.17, 15) is 9.18 Å². The summed E-state index contributed by atoms with van der Waals surface area (Å²) in [6.07, 6.45) is 1.40. The molecule has 106 valence electrons. The van der Waals surface area contributed by atoms with Crippen molar-refractivity contribution in [1.29, 1.82) is 0 Å². The van der Waals surface area contributed by atoms with Gasteiger partial charge in [-0.2, -0.15) is 4.98 Å². The molecule has 0 aliphatic carbocycles. The molecule has 0 saturated heterocycles. The molecule has 0 fully saturated rings. The Morgan fingerprint density at radius 3 is 2.95 bits per heavy atom. The van der Waals surface area contributed by atoms with Crippen LogP contribution < -0.4 is 4.74 Å². The summed E-state index contributed by atoms with van der Waals surface area (Å²) in [7, 11) is 1.38. The summed E-state index contributed by atoms with van der Waals surface area (Å²) in [6, 6.07) is 4.28. The molecular formula is C14H15FN2O3. The number of nitrogens with zero attached hydrogens (tertiary/aromatic N) is 2. The van der Waals surface area contributed by atoms with E-state index in [1.165, 1.54) is 25.3 Å². The van der Waals surface area contributed by atoms with Gasteiger partial charge in [0.15, 0.2) is 11.6 Å². The Balaban J connectivity index is 2.18. The molecule has 20 heavy (non-hydrogen) atoms. The number of carbonyl (C=O) groups excluding carboxylic acids is 1. The molecule has 5 nitrogen and oxygen atoms in total. The van der Waals surface area contributed by atoms with Crippen LogP contribution in [-0.2, 0) is 11.2 Å². The maximum absolute atomic E-state index is 13.3. The van der Waals surface area contributed by atoms with E-state index in [1.54, 1.807) is 0 Å². The van der Waals surface area contributed by atoms with Gasteiger partial charge in [-0.15, -0.1) is 0 Å². The van der Waals surface area contributed by atoms with Gasteiger partial charge in [0.05, 0.1) is 13.5 Å². The first kappa shape index (κ1) is 14.2. The molecule has 0 unspecified atom stereocenters. The zero-order valence-corrected chi connectivity index (χ0v) is 11.4. The van der Waals surface area contributed by atoms with Gasteiger partial charge in [0.2, 0.25) is 11.7 Å². The van der Waals surface area contributed by atoms with Crippen molar-refractivity contribution in [3.63, 3.8) is 0 Å². The largest absolute Gasteiger partial charge is 0.494 e. The van der Waals surface area contributed by atoms with Crippen LogP contribution in [0.4, 0.5) is 4.39 Å². The number of hydrogen-bond donors (Lipinski definition) is 0. The number of methoxy groups -OCH3 is 1. The Hall–Kier alpha value is -2.24. The Bertz CT molecular complexity index is 610. The third-order valence-electron chi connectivity index (χ3n) is 2.75. The first-order valence-electron chi connectivity index (χ1n) is 6.32. The summed E-state index contributed by atoms with van der Waals surface area (Å²) in [5.41, 5.74) is 0.571. The molecule has 0 radical (unpaired) electrons. The van der Waals surface area contributed by atoms with Crippen LogP contribution in [0.25, 0.3) is 11.4 Å². The van der Waals surface area contributed by atoms with Crippen molar-refractivity contribution in [3.05, 3.63) is 29.9 Å². The molecule has 0 amide bonds. The van der Waals surface area contributed by atoms with E-state index in [4.69, 9.17) is 9.26 Å². The predicted molar refractivity (Wildman–Crippen MR) is 69.9 cm³/mol. The molecule has 0 saturated carbocycles. The average molecular weight is 278 g/mol. The summed E-state index contributed by atoms with van der Waals surface area (Å²) in [6.45, 7) is 1.93. The summed E-state index contributed by atoms with van der Waals surface area (Å²) >= 11 is 0. The smallest absolute Gasteiger partial charge is 0.234 e. The average Bonchev–Trinajstić information content (AvgIpc) is 2.88. The van der Waals surface area contributed by atoms with E-state index in [0.29, 0.717) is 17.8 Å². The lowest BCUT2D eigenvalue weighted by Gasteiger charge is -2.02. The highest BCUT2D eigenvalue weighted by molar-refractivity contribution is 5.79. The van der Waals surface area contributed by atoms with Gasteiger partial charge in [-0.25, -0.2) is 4.39 Å². The molecule has 1 heterocycles. The van der Waals surface area contributed by atoms with Gasteiger partial charge in [-0.1, -0.05) is 12.1 Å². The van der Waals surface area contributed by atoms with Crippen molar-refractivity contribution < 1.29 is 18.4 Å². The van der Waals surface area contributed by atoms with Crippen LogP contribution >= 0.6 is 0 Å². The van der Waals surface area contributed by atoms with E-state index < -0.39 is 5.82 Å². The van der Waals surface area contributed by atoms with E-state index in [1.807, 2.05) is 6.92 Å². The van der Waals surface area contributed by atoms with Gasteiger partial charge in [-0.05, 0) is 24.6 Å². The molecule has 2 aromatic rings. The molecule has 0 bridgehead atoms. The number of ether oxygens (including phenoxy) is 1. The molecular weight excluding hydrogens is 263 g/mol. The minimum Gasteiger partial charge on any atom is -0.494 e. The monoisotopic (exact) mass is 278 g/mol. The van der Waals surface area contributed by atoms with Crippen molar-refractivity contribution in [1.82, 2.24) is 10.1 Å². The molecule has 6 heteroatoms. The maximum Gasteiger partial charge on any atom is 0.234 e. The molecule has 0 atom stereocenters. The van der Waals surface area contributed by atoms with E-state index >= 15 is 0 Å².